The average Bonchev–Trinajstić information content (AvgIpc) is 3.73. The molecule has 0 aliphatic heterocycles. The first-order chi connectivity index (χ1) is 23.5. The lowest BCUT2D eigenvalue weighted by atomic mass is 9.82. The number of thiophene rings is 1. The first-order valence-electron chi connectivity index (χ1n) is 16.7. The molecule has 2 heterocycles. The van der Waals surface area contributed by atoms with Crippen LogP contribution in [0.25, 0.3) is 75.5 Å². The Labute approximate surface area is 285 Å². The predicted octanol–water partition coefficient (Wildman–Crippen LogP) is 13.3. The Bertz CT molecular complexity index is 2660. The molecule has 0 N–H and O–H groups in total. The van der Waals surface area contributed by atoms with E-state index in [4.69, 9.17) is 0 Å². The van der Waals surface area contributed by atoms with Crippen molar-refractivity contribution in [1.29, 1.82) is 0 Å². The van der Waals surface area contributed by atoms with E-state index in [0.717, 1.165) is 5.57 Å². The van der Waals surface area contributed by atoms with Crippen LogP contribution in [0.5, 0.6) is 0 Å². The van der Waals surface area contributed by atoms with E-state index in [1.54, 1.807) is 0 Å². The van der Waals surface area contributed by atoms with Gasteiger partial charge in [-0.25, -0.2) is 0 Å². The molecule has 0 saturated heterocycles. The van der Waals surface area contributed by atoms with Crippen LogP contribution in [0.3, 0.4) is 0 Å². The second-order valence-electron chi connectivity index (χ2n) is 13.3. The number of aromatic nitrogens is 1. The number of nitrogens with zero attached hydrogens (tertiary/aromatic N) is 1. The molecule has 6 aromatic carbocycles. The minimum atomic E-state index is -0.0748. The summed E-state index contributed by atoms with van der Waals surface area (Å²) in [4.78, 5) is 0. The van der Waals surface area contributed by atoms with Crippen LogP contribution < -0.4 is 0 Å². The molecule has 48 heavy (non-hydrogen) atoms. The van der Waals surface area contributed by atoms with Gasteiger partial charge in [-0.15, -0.1) is 11.3 Å². The Balaban J connectivity index is 1.32. The maximum absolute atomic E-state index is 3.98. The van der Waals surface area contributed by atoms with Gasteiger partial charge in [-0.05, 0) is 88.3 Å². The van der Waals surface area contributed by atoms with Crippen LogP contribution >= 0.6 is 11.3 Å². The molecule has 2 heteroatoms. The Morgan fingerprint density at radius 1 is 0.688 bits per heavy atom. The zero-order chi connectivity index (χ0) is 32.6. The number of hydrogen-bond donors (Lipinski definition) is 0. The number of benzene rings is 6. The van der Waals surface area contributed by atoms with Crippen molar-refractivity contribution in [2.24, 2.45) is 0 Å². The third-order valence-electron chi connectivity index (χ3n) is 10.3. The molecule has 0 saturated carbocycles. The molecule has 1 nitrogen and oxygen atoms in total. The summed E-state index contributed by atoms with van der Waals surface area (Å²) in [6.07, 6.45) is 8.21. The fourth-order valence-corrected chi connectivity index (χ4v) is 9.26. The highest BCUT2D eigenvalue weighted by Crippen LogP contribution is 2.54. The molecule has 0 bridgehead atoms. The van der Waals surface area contributed by atoms with Gasteiger partial charge < -0.3 is 4.57 Å². The highest BCUT2D eigenvalue weighted by Gasteiger charge is 2.37. The van der Waals surface area contributed by atoms with Gasteiger partial charge in [0.15, 0.2) is 0 Å². The van der Waals surface area contributed by atoms with Crippen LogP contribution in [0.15, 0.2) is 152 Å². The van der Waals surface area contributed by atoms with Crippen LogP contribution in [-0.4, -0.2) is 4.57 Å². The Morgan fingerprint density at radius 2 is 1.44 bits per heavy atom. The molecule has 2 aromatic heterocycles. The van der Waals surface area contributed by atoms with E-state index in [2.05, 4.69) is 171 Å². The molecule has 0 fully saturated rings. The highest BCUT2D eigenvalue weighted by atomic mass is 32.1. The summed E-state index contributed by atoms with van der Waals surface area (Å²) in [5.41, 5.74) is 13.9. The number of fused-ring (bicyclic) bond motifs is 10. The quantitative estimate of drug-likeness (QED) is 0.166. The molecule has 230 valence electrons. The van der Waals surface area contributed by atoms with Gasteiger partial charge in [0.1, 0.15) is 0 Å². The monoisotopic (exact) mass is 633 g/mol. The summed E-state index contributed by atoms with van der Waals surface area (Å²) in [7, 11) is 0. The van der Waals surface area contributed by atoms with Crippen molar-refractivity contribution < 1.29 is 0 Å². The standard InChI is InChI=1S/C46H35NS/c1-5-12-29(13-6-2)31-18-24-41-36(26-31)37-27-32(30-14-8-7-9-15-30)19-25-42(37)47(41)33-20-22-39-38(28-33)44-40(46(39,3)4)23-21-35-34-16-10-11-17-43(34)48-45(35)44/h5-28H,1H2,2-4H3/b13-6-,29-12+. The third-order valence-corrected chi connectivity index (χ3v) is 11.5. The first kappa shape index (κ1) is 28.8. The fraction of sp³-hybridized carbons (Fsp3) is 0.0870. The van der Waals surface area contributed by atoms with Gasteiger partial charge in [-0.3, -0.25) is 0 Å². The van der Waals surface area contributed by atoms with Crippen molar-refractivity contribution >= 4 is 58.9 Å². The zero-order valence-electron chi connectivity index (χ0n) is 27.4. The summed E-state index contributed by atoms with van der Waals surface area (Å²) < 4.78 is 5.20. The van der Waals surface area contributed by atoms with Gasteiger partial charge in [-0.2, -0.15) is 0 Å². The highest BCUT2D eigenvalue weighted by molar-refractivity contribution is 7.26. The summed E-state index contributed by atoms with van der Waals surface area (Å²) in [5.74, 6) is 0. The Kier molecular flexibility index (Phi) is 6.47. The smallest absolute Gasteiger partial charge is 0.0541 e. The largest absolute Gasteiger partial charge is 0.309 e. The second-order valence-corrected chi connectivity index (χ2v) is 14.4. The number of allylic oxidation sites excluding steroid dienone is 5. The maximum Gasteiger partial charge on any atom is 0.0541 e. The molecule has 1 aliphatic carbocycles. The molecule has 1 aliphatic rings. The van der Waals surface area contributed by atoms with Gasteiger partial charge in [-0.1, -0.05) is 124 Å². The minimum Gasteiger partial charge on any atom is -0.309 e. The van der Waals surface area contributed by atoms with E-state index >= 15 is 0 Å². The lowest BCUT2D eigenvalue weighted by Crippen LogP contribution is -2.14. The Hall–Kier alpha value is -5.44. The lowest BCUT2D eigenvalue weighted by molar-refractivity contribution is 0.661. The molecule has 8 aromatic rings. The SMILES string of the molecule is C=C/C=C(\C=C/C)c1ccc2c(c1)c1cc(-c3ccccc3)ccc1n2-c1ccc2c(c1)-c1c(ccc3c1sc1ccccc13)C2(C)C. The van der Waals surface area contributed by atoms with Crippen molar-refractivity contribution in [3.05, 3.63) is 169 Å². The van der Waals surface area contributed by atoms with Crippen LogP contribution in [0.4, 0.5) is 0 Å². The maximum atomic E-state index is 3.98. The molecule has 0 unspecified atom stereocenters. The van der Waals surface area contributed by atoms with Crippen molar-refractivity contribution in [3.8, 4) is 27.9 Å². The summed E-state index contributed by atoms with van der Waals surface area (Å²) in [5, 5.41) is 5.19. The van der Waals surface area contributed by atoms with Gasteiger partial charge in [0.05, 0.1) is 11.0 Å². The van der Waals surface area contributed by atoms with E-state index in [1.807, 2.05) is 17.4 Å². The van der Waals surface area contributed by atoms with Gasteiger partial charge in [0, 0.05) is 47.6 Å². The summed E-state index contributed by atoms with van der Waals surface area (Å²) >= 11 is 1.93. The van der Waals surface area contributed by atoms with Crippen molar-refractivity contribution in [2.75, 3.05) is 0 Å². The van der Waals surface area contributed by atoms with Crippen molar-refractivity contribution in [1.82, 2.24) is 4.57 Å². The van der Waals surface area contributed by atoms with Gasteiger partial charge in [0.2, 0.25) is 0 Å². The molecule has 0 atom stereocenters. The van der Waals surface area contributed by atoms with Crippen molar-refractivity contribution in [2.45, 2.75) is 26.2 Å². The van der Waals surface area contributed by atoms with Gasteiger partial charge >= 0.3 is 0 Å². The minimum absolute atomic E-state index is 0.0748. The topological polar surface area (TPSA) is 4.93 Å². The molecular formula is C46H35NS. The first-order valence-corrected chi connectivity index (χ1v) is 17.5. The van der Waals surface area contributed by atoms with Crippen LogP contribution in [0, 0.1) is 0 Å². The van der Waals surface area contributed by atoms with Gasteiger partial charge in [0.25, 0.3) is 0 Å². The Morgan fingerprint density at radius 3 is 2.25 bits per heavy atom. The molecule has 0 radical (unpaired) electrons. The normalized spacial score (nSPS) is 14.0. The van der Waals surface area contributed by atoms with E-state index in [9.17, 15) is 0 Å². The summed E-state index contributed by atoms with van der Waals surface area (Å²) in [6.45, 7) is 10.8. The van der Waals surface area contributed by atoms with Crippen LogP contribution in [0.2, 0.25) is 0 Å². The molecular weight excluding hydrogens is 599 g/mol. The molecule has 0 spiro atoms. The lowest BCUT2D eigenvalue weighted by Gasteiger charge is -2.21. The van der Waals surface area contributed by atoms with Crippen LogP contribution in [0.1, 0.15) is 37.5 Å². The number of rotatable bonds is 5. The fourth-order valence-electron chi connectivity index (χ4n) is 7.99. The molecule has 9 rings (SSSR count). The van der Waals surface area contributed by atoms with E-state index in [1.165, 1.54) is 86.6 Å². The van der Waals surface area contributed by atoms with Crippen molar-refractivity contribution in [3.63, 3.8) is 0 Å². The zero-order valence-corrected chi connectivity index (χ0v) is 28.2. The van der Waals surface area contributed by atoms with E-state index < -0.39 is 0 Å². The van der Waals surface area contributed by atoms with E-state index in [-0.39, 0.29) is 5.41 Å². The predicted molar refractivity (Wildman–Crippen MR) is 210 cm³/mol. The summed E-state index contributed by atoms with van der Waals surface area (Å²) in [6, 6.07) is 45.2. The third kappa shape index (κ3) is 4.16. The molecule has 0 amide bonds. The second kappa shape index (κ2) is 10.8. The average molecular weight is 634 g/mol. The number of hydrogen-bond acceptors (Lipinski definition) is 1. The van der Waals surface area contributed by atoms with E-state index in [0.29, 0.717) is 0 Å². The van der Waals surface area contributed by atoms with Crippen LogP contribution in [-0.2, 0) is 5.41 Å².